The number of halogens is 1. The fourth-order valence-electron chi connectivity index (χ4n) is 2.32. The number of pyridine rings is 1. The van der Waals surface area contributed by atoms with Crippen LogP contribution in [0, 0.1) is 0 Å². The number of nitrogens with zero attached hydrogens (tertiary/aromatic N) is 3. The lowest BCUT2D eigenvalue weighted by Crippen LogP contribution is -1.93. The van der Waals surface area contributed by atoms with Crippen molar-refractivity contribution in [2.75, 3.05) is 0 Å². The molecule has 0 amide bonds. The highest BCUT2D eigenvalue weighted by molar-refractivity contribution is 7.99. The van der Waals surface area contributed by atoms with E-state index in [1.54, 1.807) is 11.8 Å². The van der Waals surface area contributed by atoms with Gasteiger partial charge in [0.05, 0.1) is 5.52 Å². The van der Waals surface area contributed by atoms with Crippen LogP contribution < -0.4 is 0 Å². The van der Waals surface area contributed by atoms with E-state index in [9.17, 15) is 0 Å². The first-order valence-corrected chi connectivity index (χ1v) is 8.60. The van der Waals surface area contributed by atoms with Crippen molar-refractivity contribution in [1.82, 2.24) is 15.0 Å². The summed E-state index contributed by atoms with van der Waals surface area (Å²) in [5.74, 6) is 0.632. The highest BCUT2D eigenvalue weighted by Gasteiger charge is 2.06. The second kappa shape index (κ2) is 6.59. The maximum Gasteiger partial charge on any atom is 0.178 e. The maximum absolute atomic E-state index is 5.93. The molecule has 5 heteroatoms. The topological polar surface area (TPSA) is 38.7 Å². The molecule has 0 radical (unpaired) electrons. The second-order valence-corrected chi connectivity index (χ2v) is 6.70. The fourth-order valence-corrected chi connectivity index (χ4v) is 3.25. The van der Waals surface area contributed by atoms with Crippen LogP contribution in [-0.4, -0.2) is 15.0 Å². The predicted molar refractivity (Wildman–Crippen MR) is 98.3 cm³/mol. The van der Waals surface area contributed by atoms with E-state index in [1.807, 2.05) is 72.9 Å². The van der Waals surface area contributed by atoms with E-state index in [4.69, 9.17) is 11.6 Å². The van der Waals surface area contributed by atoms with Gasteiger partial charge < -0.3 is 0 Å². The number of benzene rings is 2. The van der Waals surface area contributed by atoms with Crippen molar-refractivity contribution in [1.29, 1.82) is 0 Å². The minimum atomic E-state index is 0.632. The monoisotopic (exact) mass is 349 g/mol. The summed E-state index contributed by atoms with van der Waals surface area (Å²) in [6.45, 7) is 0. The predicted octanol–water partition coefficient (Wildman–Crippen LogP) is 5.50. The van der Waals surface area contributed by atoms with Crippen LogP contribution >= 0.6 is 23.4 Å². The van der Waals surface area contributed by atoms with Gasteiger partial charge in [-0.15, -0.1) is 0 Å². The molecule has 0 unspecified atom stereocenters. The van der Waals surface area contributed by atoms with E-state index < -0.39 is 0 Å². The van der Waals surface area contributed by atoms with Crippen LogP contribution in [-0.2, 0) is 0 Å². The van der Waals surface area contributed by atoms with Gasteiger partial charge in [0.1, 0.15) is 10.7 Å². The molecule has 116 valence electrons. The zero-order valence-electron chi connectivity index (χ0n) is 12.6. The number of para-hydroxylation sites is 1. The van der Waals surface area contributed by atoms with Gasteiger partial charge in [-0.3, -0.25) is 0 Å². The second-order valence-electron chi connectivity index (χ2n) is 5.17. The van der Waals surface area contributed by atoms with Crippen molar-refractivity contribution in [2.24, 2.45) is 0 Å². The summed E-state index contributed by atoms with van der Waals surface area (Å²) in [5, 5.41) is 2.64. The van der Waals surface area contributed by atoms with Crippen LogP contribution in [0.1, 0.15) is 0 Å². The summed E-state index contributed by atoms with van der Waals surface area (Å²) >= 11 is 7.51. The van der Waals surface area contributed by atoms with E-state index in [0.717, 1.165) is 31.5 Å². The molecule has 4 rings (SSSR count). The Labute approximate surface area is 148 Å². The summed E-state index contributed by atoms with van der Waals surface area (Å²) in [4.78, 5) is 14.8. The molecule has 0 N–H and O–H groups in total. The molecule has 2 aromatic carbocycles. The molecule has 0 saturated heterocycles. The van der Waals surface area contributed by atoms with Crippen LogP contribution in [0.25, 0.3) is 22.4 Å². The van der Waals surface area contributed by atoms with Gasteiger partial charge in [-0.2, -0.15) is 0 Å². The van der Waals surface area contributed by atoms with Crippen molar-refractivity contribution in [3.8, 4) is 11.5 Å². The third-order valence-corrected chi connectivity index (χ3v) is 4.67. The van der Waals surface area contributed by atoms with Crippen LogP contribution in [0.2, 0.25) is 5.02 Å². The van der Waals surface area contributed by atoms with Gasteiger partial charge in [0.2, 0.25) is 0 Å². The molecule has 4 aromatic rings. The Balaban J connectivity index is 1.67. The maximum atomic E-state index is 5.93. The quantitative estimate of drug-likeness (QED) is 0.489. The highest BCUT2D eigenvalue weighted by atomic mass is 35.5. The lowest BCUT2D eigenvalue weighted by Gasteiger charge is -2.05. The Morgan fingerprint density at radius 2 is 1.62 bits per heavy atom. The Morgan fingerprint density at radius 1 is 0.792 bits per heavy atom. The van der Waals surface area contributed by atoms with Crippen molar-refractivity contribution in [3.63, 3.8) is 0 Å². The normalized spacial score (nSPS) is 10.9. The Bertz CT molecular complexity index is 1000. The zero-order chi connectivity index (χ0) is 16.4. The molecular formula is C19H12ClN3S. The average molecular weight is 350 g/mol. The molecule has 0 spiro atoms. The smallest absolute Gasteiger partial charge is 0.178 e. The minimum absolute atomic E-state index is 0.632. The standard InChI is InChI=1S/C19H12ClN3S/c20-14-8-10-15(11-9-14)24-18-7-3-6-17(22-18)19-21-12-13-4-1-2-5-16(13)23-19/h1-12H. The van der Waals surface area contributed by atoms with Crippen molar-refractivity contribution < 1.29 is 0 Å². The summed E-state index contributed by atoms with van der Waals surface area (Å²) in [7, 11) is 0. The molecule has 0 bridgehead atoms. The first-order chi connectivity index (χ1) is 11.8. The average Bonchev–Trinajstić information content (AvgIpc) is 2.63. The highest BCUT2D eigenvalue weighted by Crippen LogP contribution is 2.28. The van der Waals surface area contributed by atoms with E-state index >= 15 is 0 Å². The molecule has 0 aliphatic heterocycles. The minimum Gasteiger partial charge on any atom is -0.238 e. The van der Waals surface area contributed by atoms with Crippen LogP contribution in [0.15, 0.2) is 82.8 Å². The van der Waals surface area contributed by atoms with Gasteiger partial charge in [-0.05, 0) is 42.5 Å². The Hall–Kier alpha value is -2.43. The van der Waals surface area contributed by atoms with Gasteiger partial charge in [-0.25, -0.2) is 15.0 Å². The molecular weight excluding hydrogens is 338 g/mol. The molecule has 2 aromatic heterocycles. The Morgan fingerprint density at radius 3 is 2.50 bits per heavy atom. The van der Waals surface area contributed by atoms with E-state index in [1.165, 1.54) is 0 Å². The van der Waals surface area contributed by atoms with Gasteiger partial charge in [-0.1, -0.05) is 47.6 Å². The van der Waals surface area contributed by atoms with Crippen molar-refractivity contribution in [2.45, 2.75) is 9.92 Å². The molecule has 2 heterocycles. The number of aromatic nitrogens is 3. The Kier molecular flexibility index (Phi) is 4.15. The van der Waals surface area contributed by atoms with Gasteiger partial charge >= 0.3 is 0 Å². The van der Waals surface area contributed by atoms with Gasteiger partial charge in [0, 0.05) is 21.5 Å². The SMILES string of the molecule is Clc1ccc(Sc2cccc(-c3ncc4ccccc4n3)n2)cc1. The number of rotatable bonds is 3. The lowest BCUT2D eigenvalue weighted by atomic mass is 10.2. The summed E-state index contributed by atoms with van der Waals surface area (Å²) < 4.78 is 0. The number of hydrogen-bond donors (Lipinski definition) is 0. The molecule has 24 heavy (non-hydrogen) atoms. The molecule has 0 aliphatic carbocycles. The van der Waals surface area contributed by atoms with Gasteiger partial charge in [0.15, 0.2) is 5.82 Å². The van der Waals surface area contributed by atoms with E-state index in [-0.39, 0.29) is 0 Å². The fraction of sp³-hybridized carbons (Fsp3) is 0. The summed E-state index contributed by atoms with van der Waals surface area (Å²) in [6, 6.07) is 21.5. The summed E-state index contributed by atoms with van der Waals surface area (Å²) in [5.41, 5.74) is 1.68. The van der Waals surface area contributed by atoms with Crippen molar-refractivity contribution in [3.05, 3.63) is 77.9 Å². The third-order valence-electron chi connectivity index (χ3n) is 3.48. The molecule has 3 nitrogen and oxygen atoms in total. The number of hydrogen-bond acceptors (Lipinski definition) is 4. The van der Waals surface area contributed by atoms with Crippen LogP contribution in [0.5, 0.6) is 0 Å². The van der Waals surface area contributed by atoms with Gasteiger partial charge in [0.25, 0.3) is 0 Å². The third kappa shape index (κ3) is 3.25. The zero-order valence-corrected chi connectivity index (χ0v) is 14.1. The lowest BCUT2D eigenvalue weighted by molar-refractivity contribution is 1.09. The first kappa shape index (κ1) is 15.1. The van der Waals surface area contributed by atoms with Crippen LogP contribution in [0.3, 0.4) is 0 Å². The molecule has 0 atom stereocenters. The van der Waals surface area contributed by atoms with Crippen LogP contribution in [0.4, 0.5) is 0 Å². The van der Waals surface area contributed by atoms with E-state index in [2.05, 4.69) is 15.0 Å². The molecule has 0 aliphatic rings. The molecule has 0 saturated carbocycles. The largest absolute Gasteiger partial charge is 0.238 e. The number of fused-ring (bicyclic) bond motifs is 1. The van der Waals surface area contributed by atoms with Crippen molar-refractivity contribution >= 4 is 34.3 Å². The van der Waals surface area contributed by atoms with E-state index in [0.29, 0.717) is 5.82 Å². The summed E-state index contributed by atoms with van der Waals surface area (Å²) in [6.07, 6.45) is 1.83. The molecule has 0 fully saturated rings. The first-order valence-electron chi connectivity index (χ1n) is 7.40.